The third-order valence-electron chi connectivity index (χ3n) is 4.09. The van der Waals surface area contributed by atoms with Crippen molar-refractivity contribution in [2.75, 3.05) is 20.1 Å². The second-order valence-electron chi connectivity index (χ2n) is 8.39. The van der Waals surface area contributed by atoms with Crippen LogP contribution in [0.4, 0.5) is 4.79 Å². The fourth-order valence-electron chi connectivity index (χ4n) is 2.63. The van der Waals surface area contributed by atoms with Crippen LogP contribution in [0.15, 0.2) is 4.99 Å². The molecule has 0 aromatic carbocycles. The van der Waals surface area contributed by atoms with Gasteiger partial charge in [-0.3, -0.25) is 9.67 Å². The number of guanidine groups is 1. The molecule has 1 amide bonds. The van der Waals surface area contributed by atoms with E-state index < -0.39 is 17.2 Å². The van der Waals surface area contributed by atoms with Gasteiger partial charge < -0.3 is 20.7 Å². The maximum Gasteiger partial charge on any atom is 0.408 e. The van der Waals surface area contributed by atoms with E-state index in [0.717, 1.165) is 18.7 Å². The Kier molecular flexibility index (Phi) is 10.3. The van der Waals surface area contributed by atoms with Crippen molar-refractivity contribution in [3.05, 3.63) is 17.0 Å². The Bertz CT molecular complexity index is 677. The number of rotatable bonds is 6. The summed E-state index contributed by atoms with van der Waals surface area (Å²) in [6.07, 6.45) is 0.436. The monoisotopic (exact) mass is 508 g/mol. The van der Waals surface area contributed by atoms with E-state index in [0.29, 0.717) is 12.5 Å². The maximum atomic E-state index is 12.0. The third-order valence-corrected chi connectivity index (χ3v) is 4.09. The first-order valence-corrected chi connectivity index (χ1v) is 9.29. The number of carbonyl (C=O) groups is 1. The molecule has 162 valence electrons. The summed E-state index contributed by atoms with van der Waals surface area (Å²) in [6.45, 7) is 14.7. The van der Waals surface area contributed by atoms with Crippen molar-refractivity contribution in [3.63, 3.8) is 0 Å². The first kappa shape index (κ1) is 26.5. The Balaban J connectivity index is 0.00000729. The van der Waals surface area contributed by atoms with Crippen LogP contribution in [-0.2, 0) is 18.2 Å². The Morgan fingerprint density at radius 3 is 2.25 bits per heavy atom. The van der Waals surface area contributed by atoms with Gasteiger partial charge in [0.05, 0.1) is 11.2 Å². The van der Waals surface area contributed by atoms with Gasteiger partial charge in [0.2, 0.25) is 0 Å². The van der Waals surface area contributed by atoms with E-state index in [2.05, 4.69) is 33.0 Å². The Morgan fingerprint density at radius 2 is 1.79 bits per heavy atom. The van der Waals surface area contributed by atoms with E-state index >= 15 is 0 Å². The van der Waals surface area contributed by atoms with Crippen LogP contribution in [0.25, 0.3) is 0 Å². The average Bonchev–Trinajstić information content (AvgIpc) is 2.73. The van der Waals surface area contributed by atoms with Crippen molar-refractivity contribution < 1.29 is 9.53 Å². The zero-order chi connectivity index (χ0) is 20.8. The molecule has 0 aliphatic carbocycles. The molecular formula is C19H37IN6O2. The van der Waals surface area contributed by atoms with Crippen molar-refractivity contribution in [2.24, 2.45) is 12.0 Å². The van der Waals surface area contributed by atoms with E-state index in [-0.39, 0.29) is 24.0 Å². The van der Waals surface area contributed by atoms with Crippen molar-refractivity contribution in [1.29, 1.82) is 0 Å². The number of hydrogen-bond donors (Lipinski definition) is 3. The van der Waals surface area contributed by atoms with Crippen LogP contribution in [0.1, 0.15) is 51.6 Å². The smallest absolute Gasteiger partial charge is 0.408 e. The van der Waals surface area contributed by atoms with Gasteiger partial charge in [-0.15, -0.1) is 24.0 Å². The highest BCUT2D eigenvalue weighted by Crippen LogP contribution is 2.12. The van der Waals surface area contributed by atoms with Gasteiger partial charge >= 0.3 is 6.09 Å². The second kappa shape index (κ2) is 10.9. The molecule has 0 spiro atoms. The van der Waals surface area contributed by atoms with Crippen molar-refractivity contribution >= 4 is 36.0 Å². The van der Waals surface area contributed by atoms with E-state index in [1.165, 1.54) is 11.3 Å². The van der Waals surface area contributed by atoms with E-state index in [4.69, 9.17) is 4.74 Å². The summed E-state index contributed by atoms with van der Waals surface area (Å²) in [5.41, 5.74) is 2.49. The van der Waals surface area contributed by atoms with Crippen molar-refractivity contribution in [2.45, 2.75) is 66.0 Å². The lowest BCUT2D eigenvalue weighted by molar-refractivity contribution is 0.0474. The molecule has 0 fully saturated rings. The number of aryl methyl sites for hydroxylation is 2. The molecule has 1 rings (SSSR count). The fourth-order valence-corrected chi connectivity index (χ4v) is 2.63. The highest BCUT2D eigenvalue weighted by molar-refractivity contribution is 14.0. The number of aliphatic imine (C=N–C) groups is 1. The van der Waals surface area contributed by atoms with E-state index in [9.17, 15) is 4.79 Å². The number of amides is 1. The average molecular weight is 508 g/mol. The molecule has 1 aromatic rings. The lowest BCUT2D eigenvalue weighted by atomic mass is 10.1. The van der Waals surface area contributed by atoms with Gasteiger partial charge in [-0.1, -0.05) is 0 Å². The summed E-state index contributed by atoms with van der Waals surface area (Å²) in [4.78, 5) is 16.2. The van der Waals surface area contributed by atoms with Crippen LogP contribution in [0.2, 0.25) is 0 Å². The number of nitrogens with zero attached hydrogens (tertiary/aromatic N) is 3. The fraction of sp³-hybridized carbons (Fsp3) is 0.737. The largest absolute Gasteiger partial charge is 0.444 e. The number of ether oxygens (including phenoxy) is 1. The quantitative estimate of drug-likeness (QED) is 0.312. The topological polar surface area (TPSA) is 92.6 Å². The van der Waals surface area contributed by atoms with Crippen LogP contribution in [0, 0.1) is 13.8 Å². The minimum atomic E-state index is -0.520. The maximum absolute atomic E-state index is 12.0. The van der Waals surface area contributed by atoms with Crippen LogP contribution in [0.5, 0.6) is 0 Å². The third kappa shape index (κ3) is 9.11. The molecule has 9 heteroatoms. The molecule has 1 heterocycles. The van der Waals surface area contributed by atoms with Gasteiger partial charge in [0.25, 0.3) is 0 Å². The number of halogens is 1. The van der Waals surface area contributed by atoms with E-state index in [1.54, 1.807) is 7.05 Å². The number of carbonyl (C=O) groups excluding carboxylic acids is 1. The van der Waals surface area contributed by atoms with Gasteiger partial charge in [0.1, 0.15) is 5.60 Å². The lowest BCUT2D eigenvalue weighted by Gasteiger charge is -2.29. The Morgan fingerprint density at radius 1 is 1.18 bits per heavy atom. The predicted molar refractivity (Wildman–Crippen MR) is 125 cm³/mol. The summed E-state index contributed by atoms with van der Waals surface area (Å²) >= 11 is 0. The molecule has 0 aliphatic rings. The van der Waals surface area contributed by atoms with Gasteiger partial charge in [-0.05, 0) is 60.5 Å². The molecular weight excluding hydrogens is 471 g/mol. The van der Waals surface area contributed by atoms with Gasteiger partial charge in [0, 0.05) is 32.9 Å². The predicted octanol–water partition coefficient (Wildman–Crippen LogP) is 2.67. The minimum absolute atomic E-state index is 0. The summed E-state index contributed by atoms with van der Waals surface area (Å²) in [6, 6.07) is 0. The minimum Gasteiger partial charge on any atom is -0.444 e. The van der Waals surface area contributed by atoms with Crippen LogP contribution >= 0.6 is 24.0 Å². The van der Waals surface area contributed by atoms with E-state index in [1.807, 2.05) is 53.3 Å². The zero-order valence-corrected chi connectivity index (χ0v) is 21.0. The summed E-state index contributed by atoms with van der Waals surface area (Å²) in [5.74, 6) is 0.688. The first-order chi connectivity index (χ1) is 12.3. The van der Waals surface area contributed by atoms with Crippen molar-refractivity contribution in [1.82, 2.24) is 25.7 Å². The molecule has 0 bridgehead atoms. The molecule has 0 unspecified atom stereocenters. The Labute approximate surface area is 186 Å². The molecule has 28 heavy (non-hydrogen) atoms. The van der Waals surface area contributed by atoms with Gasteiger partial charge in [-0.25, -0.2) is 4.79 Å². The van der Waals surface area contributed by atoms with Crippen molar-refractivity contribution in [3.8, 4) is 0 Å². The highest BCUT2D eigenvalue weighted by atomic mass is 127. The van der Waals surface area contributed by atoms with Crippen LogP contribution < -0.4 is 16.0 Å². The normalized spacial score (nSPS) is 12.2. The van der Waals surface area contributed by atoms with Gasteiger partial charge in [-0.2, -0.15) is 5.10 Å². The SMILES string of the molecule is CN=C(NCCc1c(C)nn(C)c1C)NCC(C)(C)NC(=O)OC(C)(C)C.I. The molecule has 0 aliphatic heterocycles. The van der Waals surface area contributed by atoms with Crippen LogP contribution in [-0.4, -0.2) is 53.1 Å². The summed E-state index contributed by atoms with van der Waals surface area (Å²) in [5, 5.41) is 13.9. The summed E-state index contributed by atoms with van der Waals surface area (Å²) in [7, 11) is 3.68. The standard InChI is InChI=1S/C19H36N6O2.HI/c1-13-15(14(2)25(9)24-13)10-11-21-16(20-8)22-12-19(6,7)23-17(26)27-18(3,4)5;/h10-12H2,1-9H3,(H,23,26)(H2,20,21,22);1H. The number of hydrogen-bond acceptors (Lipinski definition) is 4. The molecule has 0 radical (unpaired) electrons. The lowest BCUT2D eigenvalue weighted by Crippen LogP contribution is -2.54. The Hall–Kier alpha value is -1.52. The summed E-state index contributed by atoms with van der Waals surface area (Å²) < 4.78 is 7.22. The molecule has 0 atom stereocenters. The zero-order valence-electron chi connectivity index (χ0n) is 18.7. The molecule has 3 N–H and O–H groups in total. The number of alkyl carbamates (subject to hydrolysis) is 1. The highest BCUT2D eigenvalue weighted by Gasteiger charge is 2.24. The molecule has 8 nitrogen and oxygen atoms in total. The number of aromatic nitrogens is 2. The van der Waals surface area contributed by atoms with Gasteiger partial charge in [0.15, 0.2) is 5.96 Å². The second-order valence-corrected chi connectivity index (χ2v) is 8.39. The molecule has 0 saturated heterocycles. The molecule has 1 aromatic heterocycles. The number of nitrogens with one attached hydrogen (secondary N) is 3. The van der Waals surface area contributed by atoms with Crippen LogP contribution in [0.3, 0.4) is 0 Å². The molecule has 0 saturated carbocycles. The first-order valence-electron chi connectivity index (χ1n) is 9.29.